The van der Waals surface area contributed by atoms with E-state index in [1.807, 2.05) is 31.3 Å². The molecule has 0 fully saturated rings. The molecule has 20 heavy (non-hydrogen) atoms. The van der Waals surface area contributed by atoms with E-state index in [-0.39, 0.29) is 0 Å². The molecular weight excluding hydrogens is 288 g/mol. The number of aliphatic hydroxyl groups excluding tert-OH is 1. The monoisotopic (exact) mass is 306 g/mol. The number of hydrogen-bond donors (Lipinski definition) is 2. The predicted octanol–water partition coefficient (Wildman–Crippen LogP) is 2.55. The Kier molecular flexibility index (Phi) is 5.25. The second-order valence-corrected chi connectivity index (χ2v) is 6.05. The SMILES string of the molecule is CN(Cc1ccsc1)CC(O)c1ccc(C(N)=S)cc1. The molecule has 0 saturated heterocycles. The van der Waals surface area contributed by atoms with Gasteiger partial charge in [0.2, 0.25) is 0 Å². The van der Waals surface area contributed by atoms with Crippen molar-refractivity contribution in [1.29, 1.82) is 0 Å². The van der Waals surface area contributed by atoms with Crippen LogP contribution in [-0.2, 0) is 6.54 Å². The molecule has 1 unspecified atom stereocenters. The summed E-state index contributed by atoms with van der Waals surface area (Å²) in [5, 5.41) is 14.4. The number of benzene rings is 1. The maximum Gasteiger partial charge on any atom is 0.103 e. The van der Waals surface area contributed by atoms with Crippen LogP contribution in [0.3, 0.4) is 0 Å². The van der Waals surface area contributed by atoms with Crippen molar-refractivity contribution in [2.24, 2.45) is 5.73 Å². The standard InChI is InChI=1S/C15H18N2OS2/c1-17(8-11-6-7-20-10-11)9-14(18)12-2-4-13(5-3-12)15(16)19/h2-7,10,14,18H,8-9H2,1H3,(H2,16,19). The van der Waals surface area contributed by atoms with E-state index in [0.29, 0.717) is 11.5 Å². The van der Waals surface area contributed by atoms with Crippen LogP contribution in [0.4, 0.5) is 0 Å². The smallest absolute Gasteiger partial charge is 0.103 e. The molecule has 1 atom stereocenters. The zero-order valence-corrected chi connectivity index (χ0v) is 13.0. The molecule has 2 aromatic rings. The van der Waals surface area contributed by atoms with Crippen molar-refractivity contribution in [1.82, 2.24) is 4.90 Å². The zero-order chi connectivity index (χ0) is 14.5. The second kappa shape index (κ2) is 6.95. The van der Waals surface area contributed by atoms with Crippen LogP contribution in [-0.4, -0.2) is 28.6 Å². The highest BCUT2D eigenvalue weighted by Crippen LogP contribution is 2.16. The van der Waals surface area contributed by atoms with Gasteiger partial charge in [0.25, 0.3) is 0 Å². The Morgan fingerprint density at radius 3 is 2.60 bits per heavy atom. The summed E-state index contributed by atoms with van der Waals surface area (Å²) < 4.78 is 0. The summed E-state index contributed by atoms with van der Waals surface area (Å²) in [6.45, 7) is 1.42. The van der Waals surface area contributed by atoms with Gasteiger partial charge in [0.1, 0.15) is 4.99 Å². The van der Waals surface area contributed by atoms with Crippen molar-refractivity contribution in [3.05, 3.63) is 57.8 Å². The fourth-order valence-electron chi connectivity index (χ4n) is 2.03. The maximum atomic E-state index is 10.2. The van der Waals surface area contributed by atoms with E-state index >= 15 is 0 Å². The molecule has 0 aliphatic rings. The third-order valence-corrected chi connectivity index (χ3v) is 4.06. The van der Waals surface area contributed by atoms with Crippen LogP contribution in [0.1, 0.15) is 22.8 Å². The van der Waals surface area contributed by atoms with Gasteiger partial charge in [-0.3, -0.25) is 4.90 Å². The van der Waals surface area contributed by atoms with Crippen molar-refractivity contribution in [3.8, 4) is 0 Å². The van der Waals surface area contributed by atoms with Gasteiger partial charge in [0, 0.05) is 18.7 Å². The van der Waals surface area contributed by atoms with Crippen molar-refractivity contribution in [3.63, 3.8) is 0 Å². The first-order valence-corrected chi connectivity index (χ1v) is 7.69. The topological polar surface area (TPSA) is 49.5 Å². The quantitative estimate of drug-likeness (QED) is 0.805. The lowest BCUT2D eigenvalue weighted by atomic mass is 10.1. The second-order valence-electron chi connectivity index (χ2n) is 4.83. The van der Waals surface area contributed by atoms with Gasteiger partial charge in [-0.2, -0.15) is 11.3 Å². The molecule has 0 saturated carbocycles. The summed E-state index contributed by atoms with van der Waals surface area (Å²) in [7, 11) is 2.00. The van der Waals surface area contributed by atoms with Gasteiger partial charge in [-0.05, 0) is 35.0 Å². The minimum atomic E-state index is -0.515. The van der Waals surface area contributed by atoms with E-state index in [1.165, 1.54) is 5.56 Å². The number of rotatable bonds is 6. The number of aliphatic hydroxyl groups is 1. The molecule has 1 heterocycles. The molecule has 0 aliphatic carbocycles. The lowest BCUT2D eigenvalue weighted by molar-refractivity contribution is 0.124. The average Bonchev–Trinajstić information content (AvgIpc) is 2.91. The number of nitrogens with zero attached hydrogens (tertiary/aromatic N) is 1. The van der Waals surface area contributed by atoms with Crippen molar-refractivity contribution in [2.75, 3.05) is 13.6 Å². The Labute approximate surface area is 128 Å². The van der Waals surface area contributed by atoms with Gasteiger partial charge in [-0.1, -0.05) is 36.5 Å². The van der Waals surface area contributed by atoms with Crippen molar-refractivity contribution >= 4 is 28.5 Å². The van der Waals surface area contributed by atoms with Gasteiger partial charge in [-0.25, -0.2) is 0 Å². The average molecular weight is 306 g/mol. The minimum Gasteiger partial charge on any atom is -0.389 e. The van der Waals surface area contributed by atoms with Crippen LogP contribution in [0.15, 0.2) is 41.1 Å². The van der Waals surface area contributed by atoms with Crippen LogP contribution in [0.25, 0.3) is 0 Å². The van der Waals surface area contributed by atoms with E-state index in [9.17, 15) is 5.11 Å². The van der Waals surface area contributed by atoms with Crippen LogP contribution < -0.4 is 5.73 Å². The van der Waals surface area contributed by atoms with E-state index in [1.54, 1.807) is 11.3 Å². The molecule has 0 radical (unpaired) electrons. The Hall–Kier alpha value is -1.27. The third kappa shape index (κ3) is 4.11. The number of nitrogens with two attached hydrogens (primary N) is 1. The first-order chi connectivity index (χ1) is 9.56. The minimum absolute atomic E-state index is 0.376. The Morgan fingerprint density at radius 1 is 1.35 bits per heavy atom. The molecule has 3 nitrogen and oxygen atoms in total. The summed E-state index contributed by atoms with van der Waals surface area (Å²) in [4.78, 5) is 2.48. The number of thiophene rings is 1. The van der Waals surface area contributed by atoms with Crippen LogP contribution in [0.5, 0.6) is 0 Å². The maximum absolute atomic E-state index is 10.2. The zero-order valence-electron chi connectivity index (χ0n) is 11.3. The van der Waals surface area contributed by atoms with E-state index < -0.39 is 6.10 Å². The highest BCUT2D eigenvalue weighted by atomic mass is 32.1. The molecule has 1 aromatic carbocycles. The lowest BCUT2D eigenvalue weighted by Gasteiger charge is -2.20. The van der Waals surface area contributed by atoms with E-state index in [0.717, 1.165) is 17.7 Å². The fraction of sp³-hybridized carbons (Fsp3) is 0.267. The number of thiocarbonyl (C=S) groups is 1. The summed E-state index contributed by atoms with van der Waals surface area (Å²) >= 11 is 6.60. The largest absolute Gasteiger partial charge is 0.389 e. The predicted molar refractivity (Wildman–Crippen MR) is 87.9 cm³/mol. The molecule has 1 aromatic heterocycles. The first-order valence-electron chi connectivity index (χ1n) is 6.33. The summed E-state index contributed by atoms with van der Waals surface area (Å²) in [5.74, 6) is 0. The molecule has 0 bridgehead atoms. The highest BCUT2D eigenvalue weighted by molar-refractivity contribution is 7.80. The molecule has 106 valence electrons. The van der Waals surface area contributed by atoms with Gasteiger partial charge < -0.3 is 10.8 Å². The van der Waals surface area contributed by atoms with E-state index in [2.05, 4.69) is 21.7 Å². The first kappa shape index (κ1) is 15.1. The Morgan fingerprint density at radius 2 is 2.05 bits per heavy atom. The summed E-state index contributed by atoms with van der Waals surface area (Å²) in [6, 6.07) is 9.54. The highest BCUT2D eigenvalue weighted by Gasteiger charge is 2.11. The van der Waals surface area contributed by atoms with Crippen molar-refractivity contribution in [2.45, 2.75) is 12.6 Å². The molecule has 0 aliphatic heterocycles. The summed E-state index contributed by atoms with van der Waals surface area (Å²) in [5.41, 5.74) is 8.53. The molecule has 2 rings (SSSR count). The number of likely N-dealkylation sites (N-methyl/N-ethyl adjacent to an activating group) is 1. The summed E-state index contributed by atoms with van der Waals surface area (Å²) in [6.07, 6.45) is -0.515. The van der Waals surface area contributed by atoms with Crippen molar-refractivity contribution < 1.29 is 5.11 Å². The fourth-order valence-corrected chi connectivity index (χ4v) is 2.82. The lowest BCUT2D eigenvalue weighted by Crippen LogP contribution is -2.24. The van der Waals surface area contributed by atoms with Crippen LogP contribution in [0, 0.1) is 0 Å². The van der Waals surface area contributed by atoms with Gasteiger partial charge in [-0.15, -0.1) is 0 Å². The van der Waals surface area contributed by atoms with E-state index in [4.69, 9.17) is 18.0 Å². The van der Waals surface area contributed by atoms with Gasteiger partial charge in [0.15, 0.2) is 0 Å². The normalized spacial score (nSPS) is 12.6. The Balaban J connectivity index is 1.93. The van der Waals surface area contributed by atoms with Gasteiger partial charge in [0.05, 0.1) is 6.10 Å². The van der Waals surface area contributed by atoms with Crippen LogP contribution >= 0.6 is 23.6 Å². The molecule has 3 N–H and O–H groups in total. The Bertz CT molecular complexity index is 552. The number of hydrogen-bond acceptors (Lipinski definition) is 4. The van der Waals surface area contributed by atoms with Crippen LogP contribution in [0.2, 0.25) is 0 Å². The third-order valence-electron chi connectivity index (χ3n) is 3.10. The molecule has 0 amide bonds. The van der Waals surface area contributed by atoms with Gasteiger partial charge >= 0.3 is 0 Å². The molecule has 5 heteroatoms. The molecule has 0 spiro atoms. The molecular formula is C15H18N2OS2.